The minimum Gasteiger partial charge on any atom is -0.497 e. The lowest BCUT2D eigenvalue weighted by Crippen LogP contribution is -2.06. The van der Waals surface area contributed by atoms with Gasteiger partial charge in [0.15, 0.2) is 0 Å². The second-order valence-electron chi connectivity index (χ2n) is 8.17. The highest BCUT2D eigenvalue weighted by atomic mass is 19.1. The number of hydrogen-bond acceptors (Lipinski definition) is 5. The number of aromatic nitrogens is 1. The Morgan fingerprint density at radius 3 is 2.31 bits per heavy atom. The van der Waals surface area contributed by atoms with E-state index in [1.165, 1.54) is 19.2 Å². The van der Waals surface area contributed by atoms with Gasteiger partial charge >= 0.3 is 5.97 Å². The number of esters is 1. The first-order valence-electron chi connectivity index (χ1n) is 11.4. The third-order valence-electron chi connectivity index (χ3n) is 5.95. The van der Waals surface area contributed by atoms with E-state index in [0.717, 1.165) is 34.0 Å². The average molecular weight is 487 g/mol. The molecule has 4 aromatic rings. The summed E-state index contributed by atoms with van der Waals surface area (Å²) in [6, 6.07) is 23.2. The van der Waals surface area contributed by atoms with Crippen molar-refractivity contribution in [3.05, 3.63) is 107 Å². The summed E-state index contributed by atoms with van der Waals surface area (Å²) >= 11 is 0. The van der Waals surface area contributed by atoms with Gasteiger partial charge in [0.25, 0.3) is 0 Å². The highest BCUT2D eigenvalue weighted by Gasteiger charge is 2.18. The van der Waals surface area contributed by atoms with Crippen LogP contribution >= 0.6 is 0 Å². The number of hydrogen-bond donors (Lipinski definition) is 0. The van der Waals surface area contributed by atoms with Crippen molar-refractivity contribution in [2.45, 2.75) is 20.5 Å². The number of rotatable bonds is 8. The molecule has 36 heavy (non-hydrogen) atoms. The first-order valence-corrected chi connectivity index (χ1v) is 11.4. The highest BCUT2D eigenvalue weighted by molar-refractivity contribution is 6.01. The van der Waals surface area contributed by atoms with E-state index >= 15 is 0 Å². The third kappa shape index (κ3) is 5.15. The van der Waals surface area contributed by atoms with Crippen molar-refractivity contribution in [1.82, 2.24) is 4.57 Å². The first-order chi connectivity index (χ1) is 17.4. The van der Waals surface area contributed by atoms with Crippen LogP contribution in [0.25, 0.3) is 16.9 Å². The van der Waals surface area contributed by atoms with Gasteiger partial charge in [0.05, 0.1) is 31.2 Å². The van der Waals surface area contributed by atoms with Crippen LogP contribution in [-0.2, 0) is 16.2 Å². The average Bonchev–Trinajstić information content (AvgIpc) is 3.25. The number of carbonyl (C=O) groups excluding carboxylic acids is 1. The molecule has 0 atom stereocenters. The fraction of sp³-hybridized carbons (Fsp3) is 0.172. The predicted molar refractivity (Wildman–Crippen MR) is 137 cm³/mol. The Kier molecular flexibility index (Phi) is 7.49. The van der Waals surface area contributed by atoms with E-state index < -0.39 is 5.97 Å². The number of halogens is 1. The lowest BCUT2D eigenvalue weighted by molar-refractivity contribution is 0.0593. The van der Waals surface area contributed by atoms with Crippen LogP contribution in [0.1, 0.15) is 34.1 Å². The molecule has 4 rings (SSSR count). The Balaban J connectivity index is 1.69. The summed E-state index contributed by atoms with van der Waals surface area (Å²) in [5.41, 5.74) is 6.29. The molecular formula is C29H27FN2O4. The molecular weight excluding hydrogens is 459 g/mol. The third-order valence-corrected chi connectivity index (χ3v) is 5.95. The molecule has 7 heteroatoms. The van der Waals surface area contributed by atoms with Crippen LogP contribution in [0.2, 0.25) is 0 Å². The number of oxime groups is 1. The molecule has 0 aliphatic rings. The Bertz CT molecular complexity index is 1390. The van der Waals surface area contributed by atoms with Gasteiger partial charge in [-0.2, -0.15) is 0 Å². The van der Waals surface area contributed by atoms with Crippen molar-refractivity contribution in [3.8, 4) is 22.7 Å². The van der Waals surface area contributed by atoms with E-state index in [2.05, 4.69) is 9.72 Å². The molecule has 0 aliphatic heterocycles. The molecule has 3 aromatic carbocycles. The molecule has 0 aliphatic carbocycles. The molecule has 0 saturated carbocycles. The second kappa shape index (κ2) is 10.9. The minimum absolute atomic E-state index is 0.117. The normalized spacial score (nSPS) is 11.3. The van der Waals surface area contributed by atoms with Gasteiger partial charge in [-0.25, -0.2) is 9.18 Å². The van der Waals surface area contributed by atoms with Crippen LogP contribution < -0.4 is 4.74 Å². The monoisotopic (exact) mass is 486 g/mol. The zero-order valence-corrected chi connectivity index (χ0v) is 20.6. The van der Waals surface area contributed by atoms with E-state index in [0.29, 0.717) is 16.8 Å². The maximum atomic E-state index is 13.6. The lowest BCUT2D eigenvalue weighted by atomic mass is 10.1. The lowest BCUT2D eigenvalue weighted by Gasteiger charge is -2.13. The van der Waals surface area contributed by atoms with Gasteiger partial charge in [0.1, 0.15) is 18.2 Å². The van der Waals surface area contributed by atoms with E-state index in [1.807, 2.05) is 50.2 Å². The first kappa shape index (κ1) is 24.7. The summed E-state index contributed by atoms with van der Waals surface area (Å²) < 4.78 is 25.9. The fourth-order valence-electron chi connectivity index (χ4n) is 4.07. The Morgan fingerprint density at radius 2 is 1.64 bits per heavy atom. The molecule has 0 N–H and O–H groups in total. The van der Waals surface area contributed by atoms with E-state index in [9.17, 15) is 9.18 Å². The van der Waals surface area contributed by atoms with Gasteiger partial charge in [-0.3, -0.25) is 0 Å². The molecule has 0 amide bonds. The van der Waals surface area contributed by atoms with Crippen molar-refractivity contribution in [2.75, 3.05) is 14.2 Å². The molecule has 6 nitrogen and oxygen atoms in total. The number of nitrogens with zero attached hydrogens (tertiary/aromatic N) is 2. The number of carbonyl (C=O) groups is 1. The van der Waals surface area contributed by atoms with Crippen LogP contribution in [0.4, 0.5) is 4.39 Å². The number of ether oxygens (including phenoxy) is 2. The molecule has 0 saturated heterocycles. The quantitative estimate of drug-likeness (QED) is 0.166. The van der Waals surface area contributed by atoms with E-state index in [-0.39, 0.29) is 12.4 Å². The Hall–Kier alpha value is -4.39. The van der Waals surface area contributed by atoms with Crippen LogP contribution in [0.3, 0.4) is 0 Å². The molecule has 0 spiro atoms. The smallest absolute Gasteiger partial charge is 0.338 e. The maximum Gasteiger partial charge on any atom is 0.338 e. The molecule has 1 heterocycles. The van der Waals surface area contributed by atoms with E-state index in [1.54, 1.807) is 37.4 Å². The highest BCUT2D eigenvalue weighted by Crippen LogP contribution is 2.31. The van der Waals surface area contributed by atoms with Gasteiger partial charge in [0.2, 0.25) is 0 Å². The predicted octanol–water partition coefficient (Wildman–Crippen LogP) is 6.33. The van der Waals surface area contributed by atoms with Gasteiger partial charge in [-0.05, 0) is 80.1 Å². The van der Waals surface area contributed by atoms with Crippen LogP contribution in [0.15, 0.2) is 84.0 Å². The Labute approximate surface area is 209 Å². The van der Waals surface area contributed by atoms with Crippen molar-refractivity contribution in [2.24, 2.45) is 5.16 Å². The zero-order chi connectivity index (χ0) is 25.7. The summed E-state index contributed by atoms with van der Waals surface area (Å²) in [7, 11) is 2.97. The molecule has 1 aromatic heterocycles. The van der Waals surface area contributed by atoms with Crippen molar-refractivity contribution in [3.63, 3.8) is 0 Å². The van der Waals surface area contributed by atoms with Gasteiger partial charge in [-0.15, -0.1) is 0 Å². The van der Waals surface area contributed by atoms with Crippen LogP contribution in [-0.4, -0.2) is 30.5 Å². The Morgan fingerprint density at radius 1 is 0.944 bits per heavy atom. The van der Waals surface area contributed by atoms with Gasteiger partial charge in [-0.1, -0.05) is 23.4 Å². The minimum atomic E-state index is -0.425. The second-order valence-corrected chi connectivity index (χ2v) is 8.17. The summed E-state index contributed by atoms with van der Waals surface area (Å²) in [6.45, 7) is 3.98. The van der Waals surface area contributed by atoms with Crippen LogP contribution in [0, 0.1) is 12.7 Å². The molecule has 0 radical (unpaired) electrons. The van der Waals surface area contributed by atoms with Crippen LogP contribution in [0.5, 0.6) is 5.75 Å². The van der Waals surface area contributed by atoms with Crippen molar-refractivity contribution >= 4 is 11.7 Å². The zero-order valence-electron chi connectivity index (χ0n) is 20.6. The molecule has 0 bridgehead atoms. The standard InChI is InChI=1S/C29H27FN2O4/c1-19(31-36-18-22-7-5-6-8-26(22)29(33)35-4)27-17-28(21-9-11-23(30)12-10-21)32(20(27)2)24-13-15-25(34-3)16-14-24/h5-17H,18H2,1-4H3/b31-19+. The largest absolute Gasteiger partial charge is 0.497 e. The molecule has 0 fully saturated rings. The maximum absolute atomic E-state index is 13.6. The molecule has 0 unspecified atom stereocenters. The SMILES string of the molecule is COC(=O)c1ccccc1CO/N=C(\C)c1cc(-c2ccc(F)cc2)n(-c2ccc(OC)cc2)c1C. The van der Waals surface area contributed by atoms with Crippen molar-refractivity contribution < 1.29 is 23.5 Å². The summed E-state index contributed by atoms with van der Waals surface area (Å²) in [5.74, 6) is 0.0355. The summed E-state index contributed by atoms with van der Waals surface area (Å²) in [5, 5.41) is 4.33. The summed E-state index contributed by atoms with van der Waals surface area (Å²) in [6.07, 6.45) is 0. The van der Waals surface area contributed by atoms with Gasteiger partial charge in [0, 0.05) is 22.5 Å². The number of methoxy groups -OCH3 is 2. The van der Waals surface area contributed by atoms with E-state index in [4.69, 9.17) is 14.3 Å². The fourth-order valence-corrected chi connectivity index (χ4v) is 4.07. The van der Waals surface area contributed by atoms with Crippen molar-refractivity contribution in [1.29, 1.82) is 0 Å². The van der Waals surface area contributed by atoms with Gasteiger partial charge < -0.3 is 18.9 Å². The number of benzene rings is 3. The molecule has 184 valence electrons. The topological polar surface area (TPSA) is 62.0 Å². The summed E-state index contributed by atoms with van der Waals surface area (Å²) in [4.78, 5) is 17.7.